The van der Waals surface area contributed by atoms with Crippen LogP contribution in [-0.4, -0.2) is 9.97 Å². The molecule has 0 unspecified atom stereocenters. The van der Waals surface area contributed by atoms with Gasteiger partial charge in [0.15, 0.2) is 0 Å². The van der Waals surface area contributed by atoms with Gasteiger partial charge in [-0.05, 0) is 56.6 Å². The Bertz CT molecular complexity index is 1030. The van der Waals surface area contributed by atoms with E-state index in [-0.39, 0.29) is 17.6 Å². The van der Waals surface area contributed by atoms with Gasteiger partial charge in [0, 0.05) is 10.9 Å². The van der Waals surface area contributed by atoms with Crippen LogP contribution in [0.3, 0.4) is 0 Å². The summed E-state index contributed by atoms with van der Waals surface area (Å²) in [5, 5.41) is 4.48. The molecule has 0 amide bonds. The number of nitrogens with zero attached hydrogens (tertiary/aromatic N) is 1. The number of hydrogen-bond acceptors (Lipinski definition) is 4. The first-order valence-corrected chi connectivity index (χ1v) is 11.1. The van der Waals surface area contributed by atoms with Gasteiger partial charge in [-0.15, -0.1) is 11.3 Å². The number of H-pyrrole nitrogens is 1. The molecule has 3 atom stereocenters. The molecule has 0 bridgehead atoms. The lowest BCUT2D eigenvalue weighted by Gasteiger charge is -2.22. The van der Waals surface area contributed by atoms with Gasteiger partial charge in [-0.1, -0.05) is 43.7 Å². The molecule has 5 heteroatoms. The molecule has 0 fully saturated rings. The van der Waals surface area contributed by atoms with E-state index in [0.29, 0.717) is 5.92 Å². The predicted octanol–water partition coefficient (Wildman–Crippen LogP) is 5.22. The first-order valence-electron chi connectivity index (χ1n) is 10.3. The van der Waals surface area contributed by atoms with E-state index in [1.807, 2.05) is 0 Å². The summed E-state index contributed by atoms with van der Waals surface area (Å²) < 4.78 is 0. The van der Waals surface area contributed by atoms with Crippen molar-refractivity contribution in [3.05, 3.63) is 62.0 Å². The highest BCUT2D eigenvalue weighted by atomic mass is 32.1. The van der Waals surface area contributed by atoms with Crippen LogP contribution in [0.25, 0.3) is 10.2 Å². The van der Waals surface area contributed by atoms with Gasteiger partial charge in [0.25, 0.3) is 5.56 Å². The van der Waals surface area contributed by atoms with Gasteiger partial charge in [0.05, 0.1) is 11.4 Å². The molecule has 1 aromatic carbocycles. The van der Waals surface area contributed by atoms with E-state index >= 15 is 0 Å². The van der Waals surface area contributed by atoms with Crippen LogP contribution in [0.1, 0.15) is 73.1 Å². The molecule has 2 aromatic heterocycles. The van der Waals surface area contributed by atoms with Crippen molar-refractivity contribution in [1.29, 1.82) is 0 Å². The molecule has 0 spiro atoms. The SMILES string of the molecule is CC[C@H](N[C@@H](C)c1nc2sc3c(c2c(=O)[nH]1)CC[C@@H](C)C3)c1ccc(C)cc1. The average Bonchev–Trinajstić information content (AvgIpc) is 3.04. The van der Waals surface area contributed by atoms with Crippen molar-refractivity contribution in [2.75, 3.05) is 0 Å². The van der Waals surface area contributed by atoms with Crippen LogP contribution >= 0.6 is 11.3 Å². The summed E-state index contributed by atoms with van der Waals surface area (Å²) in [5.74, 6) is 1.43. The van der Waals surface area contributed by atoms with Crippen molar-refractivity contribution < 1.29 is 0 Å². The number of aromatic amines is 1. The second-order valence-electron chi connectivity index (χ2n) is 8.24. The minimum atomic E-state index is -0.0265. The highest BCUT2D eigenvalue weighted by Gasteiger charge is 2.24. The van der Waals surface area contributed by atoms with E-state index in [1.54, 1.807) is 11.3 Å². The molecular weight excluding hydrogens is 366 g/mol. The number of hydrogen-bond donors (Lipinski definition) is 2. The molecular formula is C23H29N3OS. The summed E-state index contributed by atoms with van der Waals surface area (Å²) in [4.78, 5) is 23.0. The fourth-order valence-electron chi connectivity index (χ4n) is 4.20. The van der Waals surface area contributed by atoms with E-state index in [4.69, 9.17) is 4.98 Å². The summed E-state index contributed by atoms with van der Waals surface area (Å²) in [6.07, 6.45) is 4.21. The summed E-state index contributed by atoms with van der Waals surface area (Å²) in [6.45, 7) is 8.65. The number of fused-ring (bicyclic) bond motifs is 3. The Hall–Kier alpha value is -1.98. The van der Waals surface area contributed by atoms with Crippen LogP contribution in [0.5, 0.6) is 0 Å². The van der Waals surface area contributed by atoms with E-state index in [0.717, 1.165) is 41.7 Å². The maximum Gasteiger partial charge on any atom is 0.259 e. The van der Waals surface area contributed by atoms with Gasteiger partial charge in [-0.25, -0.2) is 4.98 Å². The maximum absolute atomic E-state index is 12.9. The monoisotopic (exact) mass is 395 g/mol. The number of nitrogens with one attached hydrogen (secondary N) is 2. The normalized spacial score (nSPS) is 18.8. The zero-order valence-electron chi connectivity index (χ0n) is 17.1. The lowest BCUT2D eigenvalue weighted by atomic mass is 9.89. The lowest BCUT2D eigenvalue weighted by Crippen LogP contribution is -2.27. The number of rotatable bonds is 5. The van der Waals surface area contributed by atoms with E-state index in [1.165, 1.54) is 21.6 Å². The summed E-state index contributed by atoms with van der Waals surface area (Å²) in [5.41, 5.74) is 3.79. The molecule has 4 rings (SSSR count). The molecule has 0 aliphatic heterocycles. The zero-order valence-corrected chi connectivity index (χ0v) is 18.0. The minimum absolute atomic E-state index is 0.0177. The van der Waals surface area contributed by atoms with Crippen molar-refractivity contribution in [1.82, 2.24) is 15.3 Å². The quantitative estimate of drug-likeness (QED) is 0.623. The fraction of sp³-hybridized carbons (Fsp3) is 0.478. The van der Waals surface area contributed by atoms with Gasteiger partial charge in [-0.2, -0.15) is 0 Å². The Balaban J connectivity index is 1.63. The summed E-state index contributed by atoms with van der Waals surface area (Å²) in [7, 11) is 0. The molecule has 3 aromatic rings. The van der Waals surface area contributed by atoms with Crippen molar-refractivity contribution in [2.24, 2.45) is 5.92 Å². The highest BCUT2D eigenvalue weighted by Crippen LogP contribution is 2.36. The van der Waals surface area contributed by atoms with Crippen LogP contribution in [0.2, 0.25) is 0 Å². The largest absolute Gasteiger partial charge is 0.309 e. The minimum Gasteiger partial charge on any atom is -0.309 e. The highest BCUT2D eigenvalue weighted by molar-refractivity contribution is 7.18. The first-order chi connectivity index (χ1) is 13.5. The van der Waals surface area contributed by atoms with Gasteiger partial charge in [0.1, 0.15) is 10.7 Å². The number of aromatic nitrogens is 2. The van der Waals surface area contributed by atoms with Gasteiger partial charge in [0.2, 0.25) is 0 Å². The molecule has 4 nitrogen and oxygen atoms in total. The Kier molecular flexibility index (Phi) is 5.39. The second kappa shape index (κ2) is 7.80. The van der Waals surface area contributed by atoms with Gasteiger partial charge in [-0.3, -0.25) is 4.79 Å². The second-order valence-corrected chi connectivity index (χ2v) is 9.33. The van der Waals surface area contributed by atoms with Crippen LogP contribution < -0.4 is 10.9 Å². The predicted molar refractivity (Wildman–Crippen MR) is 117 cm³/mol. The molecule has 2 N–H and O–H groups in total. The molecule has 0 saturated carbocycles. The molecule has 1 aliphatic rings. The topological polar surface area (TPSA) is 57.8 Å². The number of aryl methyl sites for hydroxylation is 2. The maximum atomic E-state index is 12.9. The Labute approximate surface area is 170 Å². The zero-order chi connectivity index (χ0) is 19.8. The van der Waals surface area contributed by atoms with Crippen LogP contribution in [0.15, 0.2) is 29.1 Å². The Morgan fingerprint density at radius 1 is 1.32 bits per heavy atom. The van der Waals surface area contributed by atoms with Crippen LogP contribution in [0.4, 0.5) is 0 Å². The van der Waals surface area contributed by atoms with Crippen molar-refractivity contribution in [2.45, 2.75) is 65.5 Å². The molecule has 148 valence electrons. The lowest BCUT2D eigenvalue weighted by molar-refractivity contribution is 0.443. The van der Waals surface area contributed by atoms with E-state index in [2.05, 4.69) is 62.3 Å². The van der Waals surface area contributed by atoms with Crippen molar-refractivity contribution in [3.63, 3.8) is 0 Å². The third kappa shape index (κ3) is 3.65. The Morgan fingerprint density at radius 2 is 2.07 bits per heavy atom. The van der Waals surface area contributed by atoms with Gasteiger partial charge < -0.3 is 10.3 Å². The van der Waals surface area contributed by atoms with Crippen LogP contribution in [-0.2, 0) is 12.8 Å². The fourth-order valence-corrected chi connectivity index (χ4v) is 5.59. The van der Waals surface area contributed by atoms with E-state index in [9.17, 15) is 4.79 Å². The van der Waals surface area contributed by atoms with Gasteiger partial charge >= 0.3 is 0 Å². The number of thiophene rings is 1. The van der Waals surface area contributed by atoms with Crippen molar-refractivity contribution in [3.8, 4) is 0 Å². The summed E-state index contributed by atoms with van der Waals surface area (Å²) >= 11 is 1.71. The summed E-state index contributed by atoms with van der Waals surface area (Å²) in [6, 6.07) is 8.85. The molecule has 0 radical (unpaired) electrons. The molecule has 1 aliphatic carbocycles. The smallest absolute Gasteiger partial charge is 0.259 e. The molecule has 2 heterocycles. The molecule has 0 saturated heterocycles. The standard InChI is InChI=1S/C23H29N3OS/c1-5-18(16-9-6-13(2)7-10-16)24-15(4)21-25-22(27)20-17-11-8-14(3)12-19(17)28-23(20)26-21/h6-7,9-10,14-15,18,24H,5,8,11-12H2,1-4H3,(H,25,26,27)/t14-,15+,18+/m1/s1. The number of benzene rings is 1. The third-order valence-corrected chi connectivity index (χ3v) is 7.08. The average molecular weight is 396 g/mol. The molecule has 28 heavy (non-hydrogen) atoms. The van der Waals surface area contributed by atoms with Crippen LogP contribution in [0, 0.1) is 12.8 Å². The van der Waals surface area contributed by atoms with E-state index < -0.39 is 0 Å². The first kappa shape index (κ1) is 19.3. The van der Waals surface area contributed by atoms with Crippen molar-refractivity contribution >= 4 is 21.6 Å². The Morgan fingerprint density at radius 3 is 2.79 bits per heavy atom. The third-order valence-electron chi connectivity index (χ3n) is 5.93.